The van der Waals surface area contributed by atoms with E-state index in [0.29, 0.717) is 34.0 Å². The Kier molecular flexibility index (Phi) is 5.73. The molecular formula is C29H24N8O2. The number of nitrogen functional groups attached to an aromatic ring is 1. The lowest BCUT2D eigenvalue weighted by Gasteiger charge is -2.32. The molecule has 10 heteroatoms. The number of fused-ring (bicyclic) bond motifs is 3. The monoisotopic (exact) mass is 516 g/mol. The summed E-state index contributed by atoms with van der Waals surface area (Å²) in [5.74, 6) is 6.31. The van der Waals surface area contributed by atoms with Gasteiger partial charge in [-0.1, -0.05) is 18.1 Å². The molecule has 3 aromatic heterocycles. The Hall–Kier alpha value is -5.22. The standard InChI is InChI=1S/C29H24N8O2/c1-2-3-23(38)37-21-8-11-29(37,12-9-21)28-35-24(25-26(31)33-14-15-36(25)28)19-4-6-20(7-5-19)27(39)34-22-16-18(17-30)10-13-32-22/h4-7,10,13-16,21H,8-9,11-12H2,1H3,(H2,31,33)(H,32,34,39). The van der Waals surface area contributed by atoms with Crippen LogP contribution in [0, 0.1) is 23.2 Å². The van der Waals surface area contributed by atoms with Gasteiger partial charge in [-0.05, 0) is 62.8 Å². The van der Waals surface area contributed by atoms with Gasteiger partial charge in [-0.2, -0.15) is 5.26 Å². The molecule has 0 saturated carbocycles. The molecule has 5 heterocycles. The number of rotatable bonds is 4. The highest BCUT2D eigenvalue weighted by Gasteiger charge is 2.57. The van der Waals surface area contributed by atoms with Crippen LogP contribution in [0.25, 0.3) is 16.8 Å². The molecule has 3 N–H and O–H groups in total. The number of nitrogens with zero attached hydrogens (tertiary/aromatic N) is 6. The van der Waals surface area contributed by atoms with Crippen LogP contribution in [0.15, 0.2) is 55.0 Å². The van der Waals surface area contributed by atoms with Crippen LogP contribution in [0.2, 0.25) is 0 Å². The number of imidazole rings is 1. The van der Waals surface area contributed by atoms with E-state index in [1.165, 1.54) is 12.3 Å². The fourth-order valence-electron chi connectivity index (χ4n) is 5.92. The molecule has 2 saturated heterocycles. The molecule has 0 spiro atoms. The van der Waals surface area contributed by atoms with E-state index in [0.717, 1.165) is 37.1 Å². The summed E-state index contributed by atoms with van der Waals surface area (Å²) in [6.07, 6.45) is 8.34. The second-order valence-corrected chi connectivity index (χ2v) is 9.70. The van der Waals surface area contributed by atoms with Crippen molar-refractivity contribution in [2.24, 2.45) is 0 Å². The van der Waals surface area contributed by atoms with Crippen molar-refractivity contribution in [1.29, 1.82) is 5.26 Å². The zero-order valence-electron chi connectivity index (χ0n) is 21.2. The first kappa shape index (κ1) is 24.1. The summed E-state index contributed by atoms with van der Waals surface area (Å²) >= 11 is 0. The van der Waals surface area contributed by atoms with Gasteiger partial charge in [-0.15, -0.1) is 0 Å². The Morgan fingerprint density at radius 2 is 1.90 bits per heavy atom. The minimum Gasteiger partial charge on any atom is -0.382 e. The van der Waals surface area contributed by atoms with Crippen LogP contribution in [0.5, 0.6) is 0 Å². The van der Waals surface area contributed by atoms with Gasteiger partial charge >= 0.3 is 0 Å². The Balaban J connectivity index is 1.38. The summed E-state index contributed by atoms with van der Waals surface area (Å²) in [5, 5.41) is 11.8. The molecule has 2 amide bonds. The van der Waals surface area contributed by atoms with Crippen molar-refractivity contribution in [2.75, 3.05) is 11.1 Å². The highest BCUT2D eigenvalue weighted by atomic mass is 16.2. The van der Waals surface area contributed by atoms with Gasteiger partial charge in [-0.25, -0.2) is 15.0 Å². The quantitative estimate of drug-likeness (QED) is 0.395. The molecule has 0 atom stereocenters. The number of nitrogens with one attached hydrogen (secondary N) is 1. The summed E-state index contributed by atoms with van der Waals surface area (Å²) < 4.78 is 1.94. The van der Waals surface area contributed by atoms with Crippen LogP contribution in [-0.4, -0.2) is 42.1 Å². The highest BCUT2D eigenvalue weighted by molar-refractivity contribution is 6.04. The molecule has 2 bridgehead atoms. The largest absolute Gasteiger partial charge is 0.382 e. The van der Waals surface area contributed by atoms with E-state index in [4.69, 9.17) is 16.0 Å². The average Bonchev–Trinajstić information content (AvgIpc) is 3.64. The van der Waals surface area contributed by atoms with Gasteiger partial charge in [0.15, 0.2) is 0 Å². The number of nitrogens with two attached hydrogens (primary N) is 1. The Bertz CT molecular complexity index is 1730. The Labute approximate surface area is 224 Å². The fraction of sp³-hybridized carbons (Fsp3) is 0.241. The van der Waals surface area contributed by atoms with Crippen molar-refractivity contribution in [3.8, 4) is 29.2 Å². The van der Waals surface area contributed by atoms with E-state index in [1.807, 2.05) is 33.7 Å². The predicted octanol–water partition coefficient (Wildman–Crippen LogP) is 3.50. The number of pyridine rings is 1. The van der Waals surface area contributed by atoms with Crippen LogP contribution in [-0.2, 0) is 10.3 Å². The summed E-state index contributed by atoms with van der Waals surface area (Å²) in [5.41, 5.74) is 8.66. The molecule has 4 aromatic rings. The molecule has 0 unspecified atom stereocenters. The number of hydrogen-bond donors (Lipinski definition) is 2. The maximum absolute atomic E-state index is 13.1. The zero-order valence-corrected chi connectivity index (χ0v) is 21.2. The van der Waals surface area contributed by atoms with Gasteiger partial charge < -0.3 is 16.0 Å². The fourth-order valence-corrected chi connectivity index (χ4v) is 5.92. The molecule has 10 nitrogen and oxygen atoms in total. The third-order valence-corrected chi connectivity index (χ3v) is 7.61. The van der Waals surface area contributed by atoms with Gasteiger partial charge in [0.1, 0.15) is 34.2 Å². The van der Waals surface area contributed by atoms with Crippen molar-refractivity contribution in [3.63, 3.8) is 0 Å². The number of carbonyl (C=O) groups excluding carboxylic acids is 2. The van der Waals surface area contributed by atoms with Crippen molar-refractivity contribution >= 4 is 29.0 Å². The first-order chi connectivity index (χ1) is 18.9. The lowest BCUT2D eigenvalue weighted by Crippen LogP contribution is -2.43. The first-order valence-electron chi connectivity index (χ1n) is 12.6. The average molecular weight is 517 g/mol. The van der Waals surface area contributed by atoms with Crippen molar-refractivity contribution in [1.82, 2.24) is 24.3 Å². The molecular weight excluding hydrogens is 492 g/mol. The van der Waals surface area contributed by atoms with Crippen molar-refractivity contribution in [3.05, 3.63) is 71.9 Å². The second kappa shape index (κ2) is 9.26. The number of nitriles is 1. The minimum atomic E-state index is -0.564. The molecule has 0 aliphatic carbocycles. The molecule has 1 aromatic carbocycles. The van der Waals surface area contributed by atoms with Gasteiger partial charge in [0.05, 0.1) is 11.6 Å². The van der Waals surface area contributed by atoms with E-state index >= 15 is 0 Å². The van der Waals surface area contributed by atoms with E-state index < -0.39 is 5.54 Å². The SMILES string of the molecule is CC#CC(=O)N1C2CCC1(c1nc(-c3ccc(C(=O)Nc4cc(C#N)ccn4)cc3)c3c(N)nccn13)CC2. The third-order valence-electron chi connectivity index (χ3n) is 7.61. The topological polar surface area (TPSA) is 142 Å². The van der Waals surface area contributed by atoms with E-state index in [-0.39, 0.29) is 17.9 Å². The van der Waals surface area contributed by atoms with Crippen LogP contribution in [0.1, 0.15) is 54.4 Å². The number of aromatic nitrogens is 4. The van der Waals surface area contributed by atoms with E-state index in [2.05, 4.69) is 27.1 Å². The van der Waals surface area contributed by atoms with Crippen LogP contribution in [0.3, 0.4) is 0 Å². The zero-order chi connectivity index (χ0) is 27.1. The summed E-state index contributed by atoms with van der Waals surface area (Å²) in [6.45, 7) is 1.67. The first-order valence-corrected chi connectivity index (χ1v) is 12.6. The van der Waals surface area contributed by atoms with Crippen molar-refractivity contribution in [2.45, 2.75) is 44.2 Å². The second-order valence-electron chi connectivity index (χ2n) is 9.70. The van der Waals surface area contributed by atoms with E-state index in [1.54, 1.807) is 31.3 Å². The number of carbonyl (C=O) groups is 2. The maximum atomic E-state index is 13.1. The third kappa shape index (κ3) is 3.85. The molecule has 192 valence electrons. The van der Waals surface area contributed by atoms with Crippen LogP contribution < -0.4 is 11.1 Å². The minimum absolute atomic E-state index is 0.148. The van der Waals surface area contributed by atoms with Crippen LogP contribution >= 0.6 is 0 Å². The van der Waals surface area contributed by atoms with Crippen LogP contribution in [0.4, 0.5) is 11.6 Å². The maximum Gasteiger partial charge on any atom is 0.299 e. The molecule has 0 radical (unpaired) electrons. The number of benzene rings is 1. The van der Waals surface area contributed by atoms with E-state index in [9.17, 15) is 9.59 Å². The summed E-state index contributed by atoms with van der Waals surface area (Å²) in [4.78, 5) is 41.3. The predicted molar refractivity (Wildman–Crippen MR) is 144 cm³/mol. The van der Waals surface area contributed by atoms with Gasteiger partial charge in [-0.3, -0.25) is 14.0 Å². The van der Waals surface area contributed by atoms with Gasteiger partial charge in [0.25, 0.3) is 11.8 Å². The number of anilines is 2. The molecule has 2 aliphatic heterocycles. The Morgan fingerprint density at radius 1 is 1.13 bits per heavy atom. The highest BCUT2D eigenvalue weighted by Crippen LogP contribution is 2.53. The van der Waals surface area contributed by atoms with Crippen molar-refractivity contribution < 1.29 is 9.59 Å². The molecule has 6 rings (SSSR count). The Morgan fingerprint density at radius 3 is 2.62 bits per heavy atom. The number of hydrogen-bond acceptors (Lipinski definition) is 7. The lowest BCUT2D eigenvalue weighted by molar-refractivity contribution is -0.129. The molecule has 2 aliphatic rings. The normalized spacial score (nSPS) is 19.4. The smallest absolute Gasteiger partial charge is 0.299 e. The van der Waals surface area contributed by atoms with Gasteiger partial charge in [0, 0.05) is 35.8 Å². The van der Waals surface area contributed by atoms with Gasteiger partial charge in [0.2, 0.25) is 0 Å². The number of amides is 2. The summed E-state index contributed by atoms with van der Waals surface area (Å²) in [6, 6.07) is 12.3. The summed E-state index contributed by atoms with van der Waals surface area (Å²) in [7, 11) is 0. The lowest BCUT2D eigenvalue weighted by atomic mass is 9.87. The molecule has 39 heavy (non-hydrogen) atoms. The molecule has 2 fully saturated rings.